The van der Waals surface area contributed by atoms with Crippen molar-refractivity contribution in [1.82, 2.24) is 4.90 Å². The third-order valence-corrected chi connectivity index (χ3v) is 4.11. The first-order chi connectivity index (χ1) is 11.7. The molecule has 0 N–H and O–H groups in total. The lowest BCUT2D eigenvalue weighted by Gasteiger charge is -2.18. The van der Waals surface area contributed by atoms with Crippen LogP contribution in [0.15, 0.2) is 72.8 Å². The van der Waals surface area contributed by atoms with Crippen molar-refractivity contribution in [2.75, 3.05) is 20.2 Å². The van der Waals surface area contributed by atoms with Gasteiger partial charge in [-0.05, 0) is 23.4 Å². The molecule has 122 valence electrons. The molecule has 0 aliphatic rings. The van der Waals surface area contributed by atoms with Gasteiger partial charge in [0.25, 0.3) is 5.91 Å². The van der Waals surface area contributed by atoms with Crippen LogP contribution >= 0.6 is 0 Å². The number of ether oxygens (including phenoxy) is 1. The minimum atomic E-state index is -0.0149. The molecule has 24 heavy (non-hydrogen) atoms. The minimum absolute atomic E-state index is 0.0149. The van der Waals surface area contributed by atoms with Gasteiger partial charge < -0.3 is 9.64 Å². The summed E-state index contributed by atoms with van der Waals surface area (Å²) in [5.41, 5.74) is 1.23. The van der Waals surface area contributed by atoms with Gasteiger partial charge in [-0.2, -0.15) is 0 Å². The number of carbonyl (C=O) groups is 1. The van der Waals surface area contributed by atoms with Crippen molar-refractivity contribution in [2.24, 2.45) is 0 Å². The molecule has 1 amide bonds. The lowest BCUT2D eigenvalue weighted by atomic mass is 10.1. The fourth-order valence-electron chi connectivity index (χ4n) is 2.64. The molecular formula is C21H21NO2. The van der Waals surface area contributed by atoms with Crippen LogP contribution < -0.4 is 4.74 Å². The molecule has 0 aliphatic carbocycles. The molecule has 0 fully saturated rings. The van der Waals surface area contributed by atoms with E-state index in [1.54, 1.807) is 4.90 Å². The molecule has 0 heterocycles. The summed E-state index contributed by atoms with van der Waals surface area (Å²) in [6, 6.07) is 24.1. The molecule has 0 saturated carbocycles. The summed E-state index contributed by atoms with van der Waals surface area (Å²) in [6.45, 7) is 0.737. The van der Waals surface area contributed by atoms with E-state index in [2.05, 4.69) is 12.1 Å². The van der Waals surface area contributed by atoms with Crippen LogP contribution in [0.4, 0.5) is 0 Å². The Labute approximate surface area is 142 Å². The SMILES string of the molecule is CN(CCc1ccccc1)C(=O)COc1cccc2ccccc12. The van der Waals surface area contributed by atoms with Crippen molar-refractivity contribution >= 4 is 16.7 Å². The highest BCUT2D eigenvalue weighted by Crippen LogP contribution is 2.25. The van der Waals surface area contributed by atoms with E-state index >= 15 is 0 Å². The van der Waals surface area contributed by atoms with Gasteiger partial charge >= 0.3 is 0 Å². The predicted molar refractivity (Wildman–Crippen MR) is 97.2 cm³/mol. The molecule has 3 aromatic carbocycles. The number of carbonyl (C=O) groups excluding carboxylic acids is 1. The molecule has 0 saturated heterocycles. The maximum atomic E-state index is 12.3. The Morgan fingerprint density at radius 2 is 1.62 bits per heavy atom. The van der Waals surface area contributed by atoms with Crippen molar-refractivity contribution in [2.45, 2.75) is 6.42 Å². The quantitative estimate of drug-likeness (QED) is 0.689. The first kappa shape index (κ1) is 16.1. The molecule has 0 unspecified atom stereocenters. The Morgan fingerprint density at radius 3 is 2.46 bits per heavy atom. The van der Waals surface area contributed by atoms with Gasteiger partial charge in [0.2, 0.25) is 0 Å². The van der Waals surface area contributed by atoms with Gasteiger partial charge in [-0.15, -0.1) is 0 Å². The number of benzene rings is 3. The first-order valence-electron chi connectivity index (χ1n) is 8.12. The molecule has 0 aliphatic heterocycles. The third-order valence-electron chi connectivity index (χ3n) is 4.11. The average Bonchev–Trinajstić information content (AvgIpc) is 2.65. The highest BCUT2D eigenvalue weighted by molar-refractivity contribution is 5.88. The molecule has 3 aromatic rings. The molecule has 0 spiro atoms. The van der Waals surface area contributed by atoms with Crippen LogP contribution in [0.5, 0.6) is 5.75 Å². The topological polar surface area (TPSA) is 29.5 Å². The maximum Gasteiger partial charge on any atom is 0.260 e. The number of nitrogens with zero attached hydrogens (tertiary/aromatic N) is 1. The lowest BCUT2D eigenvalue weighted by Crippen LogP contribution is -2.33. The summed E-state index contributed by atoms with van der Waals surface area (Å²) in [6.07, 6.45) is 0.845. The van der Waals surface area contributed by atoms with Gasteiger partial charge in [0.05, 0.1) is 0 Å². The van der Waals surface area contributed by atoms with Gasteiger partial charge in [0.1, 0.15) is 5.75 Å². The van der Waals surface area contributed by atoms with E-state index in [1.807, 2.05) is 67.7 Å². The van der Waals surface area contributed by atoms with Crippen LogP contribution in [0.3, 0.4) is 0 Å². The zero-order chi connectivity index (χ0) is 16.8. The highest BCUT2D eigenvalue weighted by Gasteiger charge is 2.10. The van der Waals surface area contributed by atoms with E-state index in [4.69, 9.17) is 4.74 Å². The summed E-state index contributed by atoms with van der Waals surface area (Å²) in [7, 11) is 1.82. The van der Waals surface area contributed by atoms with Crippen LogP contribution in [0.1, 0.15) is 5.56 Å². The van der Waals surface area contributed by atoms with E-state index in [-0.39, 0.29) is 12.5 Å². The number of hydrogen-bond donors (Lipinski definition) is 0. The van der Waals surface area contributed by atoms with Crippen molar-refractivity contribution in [3.05, 3.63) is 78.4 Å². The number of amides is 1. The normalized spacial score (nSPS) is 10.5. The van der Waals surface area contributed by atoms with Crippen molar-refractivity contribution in [3.8, 4) is 5.75 Å². The predicted octanol–water partition coefficient (Wildman–Crippen LogP) is 3.92. The van der Waals surface area contributed by atoms with Gasteiger partial charge in [0.15, 0.2) is 6.61 Å². The largest absolute Gasteiger partial charge is 0.483 e. The Bertz CT molecular complexity index is 809. The summed E-state index contributed by atoms with van der Waals surface area (Å²) in [5.74, 6) is 0.733. The molecule has 0 atom stereocenters. The van der Waals surface area contributed by atoms with Crippen LogP contribution in [-0.4, -0.2) is 31.0 Å². The summed E-state index contributed by atoms with van der Waals surface area (Å²) in [4.78, 5) is 14.0. The van der Waals surface area contributed by atoms with E-state index in [1.165, 1.54) is 5.56 Å². The fourth-order valence-corrected chi connectivity index (χ4v) is 2.64. The molecule has 3 rings (SSSR count). The number of likely N-dealkylation sites (N-methyl/N-ethyl adjacent to an activating group) is 1. The zero-order valence-electron chi connectivity index (χ0n) is 13.8. The van der Waals surface area contributed by atoms with Crippen LogP contribution in [0, 0.1) is 0 Å². The third kappa shape index (κ3) is 3.93. The van der Waals surface area contributed by atoms with E-state index in [9.17, 15) is 4.79 Å². The van der Waals surface area contributed by atoms with E-state index in [0.29, 0.717) is 6.54 Å². The maximum absolute atomic E-state index is 12.3. The smallest absolute Gasteiger partial charge is 0.260 e. The Hall–Kier alpha value is -2.81. The molecule has 0 bridgehead atoms. The Kier molecular flexibility index (Phi) is 5.12. The molecule has 0 radical (unpaired) electrons. The van der Waals surface area contributed by atoms with Gasteiger partial charge in [0, 0.05) is 19.0 Å². The number of fused-ring (bicyclic) bond motifs is 1. The van der Waals surface area contributed by atoms with Crippen LogP contribution in [0.2, 0.25) is 0 Å². The van der Waals surface area contributed by atoms with Crippen LogP contribution in [-0.2, 0) is 11.2 Å². The van der Waals surface area contributed by atoms with E-state index < -0.39 is 0 Å². The molecular weight excluding hydrogens is 298 g/mol. The van der Waals surface area contributed by atoms with Gasteiger partial charge in [-0.3, -0.25) is 4.79 Å². The van der Waals surface area contributed by atoms with E-state index in [0.717, 1.165) is 22.9 Å². The first-order valence-corrected chi connectivity index (χ1v) is 8.12. The van der Waals surface area contributed by atoms with Crippen molar-refractivity contribution in [1.29, 1.82) is 0 Å². The summed E-state index contributed by atoms with van der Waals surface area (Å²) >= 11 is 0. The fraction of sp³-hybridized carbons (Fsp3) is 0.190. The molecule has 0 aromatic heterocycles. The Morgan fingerprint density at radius 1 is 0.917 bits per heavy atom. The standard InChI is InChI=1S/C21H21NO2/c1-22(15-14-17-8-3-2-4-9-17)21(23)16-24-20-13-7-11-18-10-5-6-12-19(18)20/h2-13H,14-16H2,1H3. The minimum Gasteiger partial charge on any atom is -0.483 e. The molecule has 3 heteroatoms. The number of rotatable bonds is 6. The second kappa shape index (κ2) is 7.64. The summed E-state index contributed by atoms with van der Waals surface area (Å²) < 4.78 is 5.76. The summed E-state index contributed by atoms with van der Waals surface area (Å²) in [5, 5.41) is 2.14. The Balaban J connectivity index is 1.56. The monoisotopic (exact) mass is 319 g/mol. The lowest BCUT2D eigenvalue weighted by molar-refractivity contribution is -0.132. The highest BCUT2D eigenvalue weighted by atomic mass is 16.5. The average molecular weight is 319 g/mol. The van der Waals surface area contributed by atoms with Crippen LogP contribution in [0.25, 0.3) is 10.8 Å². The van der Waals surface area contributed by atoms with Crippen molar-refractivity contribution < 1.29 is 9.53 Å². The second-order valence-corrected chi connectivity index (χ2v) is 5.82. The molecule has 3 nitrogen and oxygen atoms in total. The van der Waals surface area contributed by atoms with Crippen molar-refractivity contribution in [3.63, 3.8) is 0 Å². The zero-order valence-corrected chi connectivity index (χ0v) is 13.8. The van der Waals surface area contributed by atoms with Gasteiger partial charge in [-0.25, -0.2) is 0 Å². The second-order valence-electron chi connectivity index (χ2n) is 5.82. The number of hydrogen-bond acceptors (Lipinski definition) is 2. The van der Waals surface area contributed by atoms with Gasteiger partial charge in [-0.1, -0.05) is 66.7 Å².